The molecule has 0 atom stereocenters. The highest BCUT2D eigenvalue weighted by molar-refractivity contribution is 5.57. The van der Waals surface area contributed by atoms with Crippen molar-refractivity contribution in [1.82, 2.24) is 9.97 Å². The molecule has 218 valence electrons. The highest BCUT2D eigenvalue weighted by atomic mass is 19.2. The van der Waals surface area contributed by atoms with Crippen LogP contribution in [-0.2, 0) is 0 Å². The summed E-state index contributed by atoms with van der Waals surface area (Å²) < 4.78 is 64.6. The van der Waals surface area contributed by atoms with Crippen molar-refractivity contribution in [2.75, 3.05) is 6.61 Å². The van der Waals surface area contributed by atoms with Gasteiger partial charge < -0.3 is 4.74 Å². The fourth-order valence-corrected chi connectivity index (χ4v) is 5.29. The molecule has 0 bridgehead atoms. The summed E-state index contributed by atoms with van der Waals surface area (Å²) in [6, 6.07) is 6.03. The van der Waals surface area contributed by atoms with Gasteiger partial charge in [-0.1, -0.05) is 63.4 Å². The van der Waals surface area contributed by atoms with Gasteiger partial charge in [0, 0.05) is 18.3 Å². The van der Waals surface area contributed by atoms with Crippen LogP contribution in [-0.4, -0.2) is 16.6 Å². The van der Waals surface area contributed by atoms with E-state index in [2.05, 4.69) is 28.7 Å². The van der Waals surface area contributed by atoms with Crippen LogP contribution in [0.1, 0.15) is 100 Å². The Morgan fingerprint density at radius 1 is 0.780 bits per heavy atom. The lowest BCUT2D eigenvalue weighted by Crippen LogP contribution is -2.14. The van der Waals surface area contributed by atoms with Crippen molar-refractivity contribution in [3.63, 3.8) is 0 Å². The predicted octanol–water partition coefficient (Wildman–Crippen LogP) is 9.46. The smallest absolute Gasteiger partial charge is 0.201 e. The van der Waals surface area contributed by atoms with Crippen LogP contribution >= 0.6 is 0 Å². The summed E-state index contributed by atoms with van der Waals surface area (Å²) in [5.41, 5.74) is 1.20. The summed E-state index contributed by atoms with van der Waals surface area (Å²) >= 11 is 0. The highest BCUT2D eigenvalue weighted by Gasteiger charge is 2.26. The van der Waals surface area contributed by atoms with Gasteiger partial charge in [0.15, 0.2) is 29.0 Å². The Balaban J connectivity index is 1.30. The third-order valence-corrected chi connectivity index (χ3v) is 7.76. The molecule has 0 amide bonds. The molecule has 0 aliphatic heterocycles. The summed E-state index contributed by atoms with van der Waals surface area (Å²) in [6.45, 7) is 4.36. The average Bonchev–Trinajstić information content (AvgIpc) is 2.98. The molecule has 4 rings (SSSR count). The Labute approximate surface area is 240 Å². The fraction of sp³-hybridized carbons (Fsp3) is 0.471. The Morgan fingerprint density at radius 3 is 2.17 bits per heavy atom. The SMILES string of the molecule is CCCCCCCCCOc1ccc(C#CC2CCC(c3ccc(-c4ncc(C)cn4)c(F)c3F)CC2)c(F)c1F. The maximum absolute atomic E-state index is 15.0. The number of aryl methyl sites for hydroxylation is 1. The van der Waals surface area contributed by atoms with Gasteiger partial charge in [0.05, 0.1) is 17.7 Å². The quantitative estimate of drug-likeness (QED) is 0.132. The van der Waals surface area contributed by atoms with Crippen molar-refractivity contribution in [2.45, 2.75) is 90.4 Å². The largest absolute Gasteiger partial charge is 0.490 e. The number of nitrogens with zero attached hydrogens (tertiary/aromatic N) is 2. The lowest BCUT2D eigenvalue weighted by atomic mass is 9.78. The van der Waals surface area contributed by atoms with Crippen molar-refractivity contribution in [3.05, 3.63) is 76.6 Å². The molecule has 3 aromatic rings. The molecular formula is C34H38F4N2O. The normalized spacial score (nSPS) is 16.7. The van der Waals surface area contributed by atoms with Crippen LogP contribution < -0.4 is 4.74 Å². The van der Waals surface area contributed by atoms with Crippen molar-refractivity contribution < 1.29 is 22.3 Å². The first kappa shape index (κ1) is 30.6. The van der Waals surface area contributed by atoms with Crippen LogP contribution in [0.5, 0.6) is 5.75 Å². The number of aromatic nitrogens is 2. The molecule has 0 N–H and O–H groups in total. The van der Waals surface area contributed by atoms with E-state index in [1.165, 1.54) is 43.9 Å². The zero-order valence-corrected chi connectivity index (χ0v) is 23.9. The van der Waals surface area contributed by atoms with Gasteiger partial charge in [0.1, 0.15) is 0 Å². The molecule has 0 saturated heterocycles. The lowest BCUT2D eigenvalue weighted by molar-refractivity contribution is 0.284. The Morgan fingerprint density at radius 2 is 1.46 bits per heavy atom. The number of ether oxygens (including phenoxy) is 1. The Bertz CT molecular complexity index is 1360. The molecule has 0 unspecified atom stereocenters. The van der Waals surface area contributed by atoms with E-state index in [0.717, 1.165) is 24.8 Å². The van der Waals surface area contributed by atoms with Crippen LogP contribution in [0.4, 0.5) is 17.6 Å². The molecule has 0 spiro atoms. The molecule has 1 saturated carbocycles. The van der Waals surface area contributed by atoms with Crippen molar-refractivity contribution in [1.29, 1.82) is 0 Å². The molecule has 7 heteroatoms. The molecule has 3 nitrogen and oxygen atoms in total. The Kier molecular flexibility index (Phi) is 11.2. The topological polar surface area (TPSA) is 35.0 Å². The highest BCUT2D eigenvalue weighted by Crippen LogP contribution is 2.38. The van der Waals surface area contributed by atoms with E-state index in [9.17, 15) is 13.2 Å². The first-order chi connectivity index (χ1) is 19.9. The van der Waals surface area contributed by atoms with E-state index in [0.29, 0.717) is 37.9 Å². The summed E-state index contributed by atoms with van der Waals surface area (Å²) in [5.74, 6) is 1.90. The van der Waals surface area contributed by atoms with Gasteiger partial charge in [0.2, 0.25) is 5.82 Å². The van der Waals surface area contributed by atoms with Crippen LogP contribution in [0.25, 0.3) is 11.4 Å². The number of unbranched alkanes of at least 4 members (excludes halogenated alkanes) is 6. The fourth-order valence-electron chi connectivity index (χ4n) is 5.29. The molecule has 1 heterocycles. The van der Waals surface area contributed by atoms with E-state index < -0.39 is 23.3 Å². The summed E-state index contributed by atoms with van der Waals surface area (Å²) in [5, 5.41) is 0. The first-order valence-corrected chi connectivity index (χ1v) is 14.8. The number of hydrogen-bond donors (Lipinski definition) is 0. The minimum absolute atomic E-state index is 0.00470. The third kappa shape index (κ3) is 8.09. The maximum Gasteiger partial charge on any atom is 0.201 e. The average molecular weight is 567 g/mol. The van der Waals surface area contributed by atoms with Crippen LogP contribution in [0.15, 0.2) is 36.7 Å². The Hall–Kier alpha value is -3.40. The number of hydrogen-bond acceptors (Lipinski definition) is 3. The molecule has 41 heavy (non-hydrogen) atoms. The van der Waals surface area contributed by atoms with E-state index in [1.54, 1.807) is 18.5 Å². The van der Waals surface area contributed by atoms with E-state index in [1.807, 2.05) is 6.92 Å². The van der Waals surface area contributed by atoms with Gasteiger partial charge in [-0.3, -0.25) is 0 Å². The zero-order valence-electron chi connectivity index (χ0n) is 23.9. The second-order valence-electron chi connectivity index (χ2n) is 10.9. The van der Waals surface area contributed by atoms with E-state index in [-0.39, 0.29) is 34.5 Å². The molecule has 0 radical (unpaired) electrons. The standard InChI is InChI=1S/C34H38F4N2O/c1-3-4-5-6-7-8-9-20-41-29-19-16-26(30(35)33(29)38)15-12-24-10-13-25(14-11-24)27-17-18-28(32(37)31(27)36)34-39-21-23(2)22-40-34/h16-19,21-22,24-25H,3-11,13-14,20H2,1-2H3. The van der Waals surface area contributed by atoms with Crippen LogP contribution in [0.2, 0.25) is 0 Å². The number of rotatable bonds is 11. The van der Waals surface area contributed by atoms with Crippen LogP contribution in [0, 0.1) is 48.0 Å². The summed E-state index contributed by atoms with van der Waals surface area (Å²) in [4.78, 5) is 8.21. The molecular weight excluding hydrogens is 528 g/mol. The number of halogens is 4. The predicted molar refractivity (Wildman–Crippen MR) is 154 cm³/mol. The minimum Gasteiger partial charge on any atom is -0.490 e. The molecule has 1 aliphatic rings. The first-order valence-electron chi connectivity index (χ1n) is 14.8. The van der Waals surface area contributed by atoms with Crippen molar-refractivity contribution in [3.8, 4) is 29.0 Å². The molecule has 1 fully saturated rings. The summed E-state index contributed by atoms with van der Waals surface area (Å²) in [6.07, 6.45) is 13.5. The van der Waals surface area contributed by atoms with Crippen LogP contribution in [0.3, 0.4) is 0 Å². The van der Waals surface area contributed by atoms with Gasteiger partial charge in [-0.05, 0) is 74.3 Å². The van der Waals surface area contributed by atoms with Crippen molar-refractivity contribution in [2.24, 2.45) is 5.92 Å². The van der Waals surface area contributed by atoms with Gasteiger partial charge in [0.25, 0.3) is 0 Å². The van der Waals surface area contributed by atoms with Gasteiger partial charge in [-0.25, -0.2) is 23.1 Å². The summed E-state index contributed by atoms with van der Waals surface area (Å²) in [7, 11) is 0. The minimum atomic E-state index is -1.01. The van der Waals surface area contributed by atoms with Gasteiger partial charge in [-0.15, -0.1) is 0 Å². The van der Waals surface area contributed by atoms with Gasteiger partial charge >= 0.3 is 0 Å². The third-order valence-electron chi connectivity index (χ3n) is 7.76. The lowest BCUT2D eigenvalue weighted by Gasteiger charge is -2.26. The van der Waals surface area contributed by atoms with Crippen molar-refractivity contribution >= 4 is 0 Å². The molecule has 2 aromatic carbocycles. The number of benzene rings is 2. The monoisotopic (exact) mass is 566 g/mol. The molecule has 1 aliphatic carbocycles. The second kappa shape index (κ2) is 15.0. The maximum atomic E-state index is 15.0. The van der Waals surface area contributed by atoms with E-state index in [4.69, 9.17) is 4.74 Å². The van der Waals surface area contributed by atoms with Gasteiger partial charge in [-0.2, -0.15) is 4.39 Å². The second-order valence-corrected chi connectivity index (χ2v) is 10.9. The molecule has 1 aromatic heterocycles. The zero-order chi connectivity index (χ0) is 29.2. The van der Waals surface area contributed by atoms with E-state index >= 15 is 4.39 Å².